The molecule has 0 radical (unpaired) electrons. The maximum absolute atomic E-state index is 13.7. The number of benzene rings is 2. The number of hydrogen-bond donors (Lipinski definition) is 4. The van der Waals surface area contributed by atoms with Gasteiger partial charge in [0, 0.05) is 22.2 Å². The molecule has 8 nitrogen and oxygen atoms in total. The Morgan fingerprint density at radius 2 is 1.65 bits per heavy atom. The summed E-state index contributed by atoms with van der Waals surface area (Å²) in [6.07, 6.45) is -8.92. The summed E-state index contributed by atoms with van der Waals surface area (Å²) in [6, 6.07) is 10.4. The molecule has 2 amide bonds. The lowest BCUT2D eigenvalue weighted by atomic mass is 9.68. The Labute approximate surface area is 284 Å². The highest BCUT2D eigenvalue weighted by atomic mass is 79.9. The molecular formula is C34H29BrF6N2O6. The third-order valence-electron chi connectivity index (χ3n) is 8.76. The van der Waals surface area contributed by atoms with E-state index < -0.39 is 78.1 Å². The van der Waals surface area contributed by atoms with Crippen molar-refractivity contribution in [3.63, 3.8) is 0 Å². The molecule has 1 fully saturated rings. The number of aromatic hydroxyl groups is 1. The van der Waals surface area contributed by atoms with Crippen LogP contribution in [0.5, 0.6) is 5.75 Å². The molecule has 0 spiro atoms. The Bertz CT molecular complexity index is 1780. The van der Waals surface area contributed by atoms with Crippen LogP contribution in [-0.2, 0) is 21.9 Å². The van der Waals surface area contributed by atoms with Crippen LogP contribution < -0.4 is 4.90 Å². The number of phenols is 1. The average molecular weight is 756 g/mol. The second-order valence-electron chi connectivity index (χ2n) is 11.8. The van der Waals surface area contributed by atoms with Gasteiger partial charge in [-0.05, 0) is 90.6 Å². The monoisotopic (exact) mass is 754 g/mol. The number of pyridine rings is 1. The molecule has 2 aliphatic rings. The Morgan fingerprint density at radius 1 is 0.980 bits per heavy atom. The van der Waals surface area contributed by atoms with Crippen LogP contribution in [0.2, 0.25) is 0 Å². The molecule has 5 rings (SSSR count). The van der Waals surface area contributed by atoms with Crippen LogP contribution in [0.25, 0.3) is 11.6 Å². The van der Waals surface area contributed by atoms with Crippen LogP contribution in [0.1, 0.15) is 41.6 Å². The number of imide groups is 1. The molecular weight excluding hydrogens is 726 g/mol. The van der Waals surface area contributed by atoms with Crippen molar-refractivity contribution in [2.24, 2.45) is 17.8 Å². The summed E-state index contributed by atoms with van der Waals surface area (Å²) in [4.78, 5) is 31.9. The SMILES string of the molecule is O=C1[C@@H]2[C@@H](CC(CO)=C([C@H](O)CC/C(=C/c3cc(Br)ccc3O)c3ccccn3)[C@@H]2CO)C(=O)N1c1cc(C(F)(F)F)cc(C(F)(F)F)c1. The second-order valence-corrected chi connectivity index (χ2v) is 12.7. The Hall–Kier alpha value is -4.05. The summed E-state index contributed by atoms with van der Waals surface area (Å²) in [6.45, 7) is -1.53. The lowest BCUT2D eigenvalue weighted by Gasteiger charge is -2.36. The van der Waals surface area contributed by atoms with Crippen LogP contribution in [-0.4, -0.2) is 56.5 Å². The molecule has 3 aromatic rings. The van der Waals surface area contributed by atoms with Gasteiger partial charge in [0.2, 0.25) is 11.8 Å². The number of amides is 2. The van der Waals surface area contributed by atoms with Gasteiger partial charge in [-0.1, -0.05) is 22.0 Å². The number of aliphatic hydroxyl groups is 3. The van der Waals surface area contributed by atoms with E-state index in [1.807, 2.05) is 0 Å². The lowest BCUT2D eigenvalue weighted by molar-refractivity contribution is -0.143. The topological polar surface area (TPSA) is 131 Å². The van der Waals surface area contributed by atoms with E-state index in [4.69, 9.17) is 0 Å². The zero-order valence-corrected chi connectivity index (χ0v) is 26.9. The maximum atomic E-state index is 13.7. The van der Waals surface area contributed by atoms with E-state index >= 15 is 0 Å². The van der Waals surface area contributed by atoms with Gasteiger partial charge >= 0.3 is 12.4 Å². The van der Waals surface area contributed by atoms with Gasteiger partial charge in [-0.3, -0.25) is 14.6 Å². The quantitative estimate of drug-likeness (QED) is 0.113. The summed E-state index contributed by atoms with van der Waals surface area (Å²) in [7, 11) is 0. The molecule has 2 heterocycles. The number of nitrogens with zero attached hydrogens (tertiary/aromatic N) is 2. The highest BCUT2D eigenvalue weighted by molar-refractivity contribution is 9.10. The predicted molar refractivity (Wildman–Crippen MR) is 168 cm³/mol. The molecule has 2 aromatic carbocycles. The van der Waals surface area contributed by atoms with E-state index in [0.717, 1.165) is 0 Å². The van der Waals surface area contributed by atoms with Crippen LogP contribution in [0.4, 0.5) is 32.0 Å². The summed E-state index contributed by atoms with van der Waals surface area (Å²) < 4.78 is 82.2. The smallest absolute Gasteiger partial charge is 0.416 e. The van der Waals surface area contributed by atoms with Crippen molar-refractivity contribution < 1.29 is 56.4 Å². The van der Waals surface area contributed by atoms with Crippen LogP contribution in [0, 0.1) is 17.8 Å². The molecule has 1 aliphatic carbocycles. The number of alkyl halides is 6. The summed E-state index contributed by atoms with van der Waals surface area (Å²) in [5.74, 6) is -6.31. The van der Waals surface area contributed by atoms with Gasteiger partial charge in [0.1, 0.15) is 5.75 Å². The van der Waals surface area contributed by atoms with Gasteiger partial charge in [-0.25, -0.2) is 4.90 Å². The lowest BCUT2D eigenvalue weighted by Crippen LogP contribution is -2.39. The van der Waals surface area contributed by atoms with Gasteiger partial charge in [0.05, 0.1) is 53.7 Å². The Kier molecular flexibility index (Phi) is 10.4. The fourth-order valence-electron chi connectivity index (χ4n) is 6.53. The normalized spacial score (nSPS) is 21.0. The van der Waals surface area contributed by atoms with Gasteiger partial charge < -0.3 is 20.4 Å². The van der Waals surface area contributed by atoms with E-state index in [-0.39, 0.29) is 59.3 Å². The van der Waals surface area contributed by atoms with E-state index in [9.17, 15) is 56.4 Å². The Morgan fingerprint density at radius 3 is 2.22 bits per heavy atom. The first-order valence-corrected chi connectivity index (χ1v) is 15.7. The van der Waals surface area contributed by atoms with Crippen molar-refractivity contribution in [3.8, 4) is 5.75 Å². The fourth-order valence-corrected chi connectivity index (χ4v) is 6.91. The van der Waals surface area contributed by atoms with Gasteiger partial charge in [-0.15, -0.1) is 0 Å². The molecule has 0 bridgehead atoms. The zero-order chi connectivity index (χ0) is 35.8. The Balaban J connectivity index is 1.48. The number of carbonyl (C=O) groups excluding carboxylic acids is 2. The molecule has 260 valence electrons. The number of halogens is 7. The summed E-state index contributed by atoms with van der Waals surface area (Å²) >= 11 is 3.36. The van der Waals surface area contributed by atoms with Crippen LogP contribution in [0.15, 0.2) is 76.4 Å². The number of aromatic nitrogens is 1. The van der Waals surface area contributed by atoms with Gasteiger partial charge in [0.15, 0.2) is 0 Å². The molecule has 1 aromatic heterocycles. The van der Waals surface area contributed by atoms with Crippen molar-refractivity contribution in [1.82, 2.24) is 4.98 Å². The largest absolute Gasteiger partial charge is 0.507 e. The minimum absolute atomic E-state index is 0.0294. The molecule has 49 heavy (non-hydrogen) atoms. The van der Waals surface area contributed by atoms with Crippen molar-refractivity contribution in [1.29, 1.82) is 0 Å². The van der Waals surface area contributed by atoms with Crippen LogP contribution in [0.3, 0.4) is 0 Å². The predicted octanol–water partition coefficient (Wildman–Crippen LogP) is 6.38. The number of anilines is 1. The number of aliphatic hydroxyl groups excluding tert-OH is 3. The molecule has 4 N–H and O–H groups in total. The standard InChI is InChI=1S/C34H29BrF6N2O6/c35-22-5-7-27(46)18(10-22)9-17(26-3-1-2-8-42-26)4-6-28(47)29-19(15-44)11-24-30(25(29)16-45)32(49)43(31(24)48)23-13-20(33(36,37)38)12-21(14-23)34(39,40)41/h1-3,5,7-10,12-14,24-25,28,30,44-47H,4,6,11,15-16H2/b17-9-/t24-,25+,28-,30-/m1/s1. The highest BCUT2D eigenvalue weighted by Gasteiger charge is 2.55. The third-order valence-corrected chi connectivity index (χ3v) is 9.25. The summed E-state index contributed by atoms with van der Waals surface area (Å²) in [5, 5.41) is 42.7. The molecule has 0 saturated carbocycles. The van der Waals surface area contributed by atoms with E-state index in [1.165, 1.54) is 6.07 Å². The number of hydrogen-bond acceptors (Lipinski definition) is 7. The molecule has 4 atom stereocenters. The minimum Gasteiger partial charge on any atom is -0.507 e. The van der Waals surface area contributed by atoms with Crippen molar-refractivity contribution in [2.75, 3.05) is 18.1 Å². The number of carbonyl (C=O) groups is 2. The first-order valence-electron chi connectivity index (χ1n) is 14.9. The zero-order valence-electron chi connectivity index (χ0n) is 25.3. The molecule has 1 saturated heterocycles. The van der Waals surface area contributed by atoms with Gasteiger partial charge in [-0.2, -0.15) is 26.3 Å². The van der Waals surface area contributed by atoms with E-state index in [2.05, 4.69) is 20.9 Å². The number of fused-ring (bicyclic) bond motifs is 1. The second kappa shape index (κ2) is 14.1. The van der Waals surface area contributed by atoms with E-state index in [0.29, 0.717) is 21.3 Å². The minimum atomic E-state index is -5.23. The highest BCUT2D eigenvalue weighted by Crippen LogP contribution is 2.48. The average Bonchev–Trinajstić information content (AvgIpc) is 3.31. The fraction of sp³-hybridized carbons (Fsp3) is 0.324. The number of allylic oxidation sites excluding steroid dienone is 1. The van der Waals surface area contributed by atoms with Crippen molar-refractivity contribution in [2.45, 2.75) is 37.7 Å². The maximum Gasteiger partial charge on any atom is 0.416 e. The van der Waals surface area contributed by atoms with Gasteiger partial charge in [0.25, 0.3) is 0 Å². The summed E-state index contributed by atoms with van der Waals surface area (Å²) in [5.41, 5.74) is -2.67. The van der Waals surface area contributed by atoms with E-state index in [1.54, 1.807) is 42.6 Å². The molecule has 15 heteroatoms. The molecule has 1 aliphatic heterocycles. The van der Waals surface area contributed by atoms with Crippen molar-refractivity contribution >= 4 is 45.1 Å². The number of phenolic OH excluding ortho intramolecular Hbond substituents is 1. The van der Waals surface area contributed by atoms with Crippen LogP contribution >= 0.6 is 15.9 Å². The first-order chi connectivity index (χ1) is 23.0. The third kappa shape index (κ3) is 7.44. The number of rotatable bonds is 9. The molecule has 0 unspecified atom stereocenters. The van der Waals surface area contributed by atoms with Crippen molar-refractivity contribution in [3.05, 3.63) is 98.8 Å². The first kappa shape index (κ1) is 36.2.